The molecule has 3 nitrogen and oxygen atoms in total. The van der Waals surface area contributed by atoms with Crippen molar-refractivity contribution in [2.75, 3.05) is 26.8 Å². The molecule has 0 bridgehead atoms. The first-order valence-corrected chi connectivity index (χ1v) is 6.26. The predicted molar refractivity (Wildman–Crippen MR) is 70.6 cm³/mol. The van der Waals surface area contributed by atoms with E-state index in [9.17, 15) is 4.39 Å². The molecule has 1 atom stereocenters. The summed E-state index contributed by atoms with van der Waals surface area (Å²) in [6.07, 6.45) is 0.894. The Balaban J connectivity index is 2.31. The van der Waals surface area contributed by atoms with Gasteiger partial charge in [0.2, 0.25) is 0 Å². The lowest BCUT2D eigenvalue weighted by Crippen LogP contribution is -2.30. The molecule has 1 N–H and O–H groups in total. The van der Waals surface area contributed by atoms with Crippen LogP contribution in [0.25, 0.3) is 0 Å². The van der Waals surface area contributed by atoms with Crippen LogP contribution < -0.4 is 10.1 Å². The van der Waals surface area contributed by atoms with Gasteiger partial charge in [0.15, 0.2) is 11.6 Å². The number of methoxy groups -OCH3 is 1. The quantitative estimate of drug-likeness (QED) is 0.724. The minimum Gasteiger partial charge on any atom is -0.486 e. The van der Waals surface area contributed by atoms with Gasteiger partial charge in [-0.1, -0.05) is 12.1 Å². The Morgan fingerprint density at radius 2 is 2.17 bits per heavy atom. The number of halogens is 1. The van der Waals surface area contributed by atoms with Crippen LogP contribution in [0.2, 0.25) is 0 Å². The zero-order chi connectivity index (χ0) is 13.4. The second-order valence-corrected chi connectivity index (χ2v) is 4.37. The van der Waals surface area contributed by atoms with Crippen LogP contribution in [-0.2, 0) is 4.74 Å². The van der Waals surface area contributed by atoms with E-state index in [2.05, 4.69) is 5.32 Å². The van der Waals surface area contributed by atoms with Crippen molar-refractivity contribution in [1.82, 2.24) is 5.32 Å². The summed E-state index contributed by atoms with van der Waals surface area (Å²) in [6, 6.07) is 5.19. The van der Waals surface area contributed by atoms with Crippen LogP contribution in [0.1, 0.15) is 18.9 Å². The van der Waals surface area contributed by atoms with Crippen molar-refractivity contribution >= 4 is 0 Å². The third-order valence-electron chi connectivity index (χ3n) is 2.62. The Labute approximate surface area is 108 Å². The van der Waals surface area contributed by atoms with Gasteiger partial charge < -0.3 is 14.8 Å². The molecular formula is C14H22FNO2. The number of hydrogen-bond donors (Lipinski definition) is 1. The molecule has 1 aromatic rings. The zero-order valence-corrected chi connectivity index (χ0v) is 11.3. The highest BCUT2D eigenvalue weighted by Crippen LogP contribution is 2.20. The van der Waals surface area contributed by atoms with Crippen molar-refractivity contribution in [2.45, 2.75) is 26.4 Å². The largest absolute Gasteiger partial charge is 0.486 e. The first kappa shape index (κ1) is 14.9. The third-order valence-corrected chi connectivity index (χ3v) is 2.62. The zero-order valence-electron chi connectivity index (χ0n) is 11.3. The number of benzene rings is 1. The molecule has 0 saturated carbocycles. The average Bonchev–Trinajstić information content (AvgIpc) is 2.35. The molecule has 0 spiro atoms. The fourth-order valence-corrected chi connectivity index (χ4v) is 1.62. The Hall–Kier alpha value is -1.13. The molecule has 1 aromatic carbocycles. The summed E-state index contributed by atoms with van der Waals surface area (Å²) in [5.41, 5.74) is 0.604. The van der Waals surface area contributed by atoms with E-state index < -0.39 is 0 Å². The lowest BCUT2D eigenvalue weighted by atomic mass is 10.2. The second-order valence-electron chi connectivity index (χ2n) is 4.37. The Bertz CT molecular complexity index is 358. The summed E-state index contributed by atoms with van der Waals surface area (Å²) in [5, 5.41) is 3.25. The van der Waals surface area contributed by atoms with E-state index in [1.807, 2.05) is 6.92 Å². The summed E-state index contributed by atoms with van der Waals surface area (Å²) in [7, 11) is 1.69. The van der Waals surface area contributed by atoms with E-state index >= 15 is 0 Å². The highest BCUT2D eigenvalue weighted by molar-refractivity contribution is 5.30. The van der Waals surface area contributed by atoms with Crippen LogP contribution >= 0.6 is 0 Å². The smallest absolute Gasteiger partial charge is 0.167 e. The number of aryl methyl sites for hydroxylation is 1. The average molecular weight is 255 g/mol. The minimum absolute atomic E-state index is 0.0659. The molecule has 18 heavy (non-hydrogen) atoms. The van der Waals surface area contributed by atoms with E-state index in [0.717, 1.165) is 19.6 Å². The maximum absolute atomic E-state index is 13.7. The van der Waals surface area contributed by atoms with Crippen molar-refractivity contribution < 1.29 is 13.9 Å². The molecule has 0 radical (unpaired) electrons. The minimum atomic E-state index is -0.274. The van der Waals surface area contributed by atoms with Gasteiger partial charge in [-0.05, 0) is 38.4 Å². The fourth-order valence-electron chi connectivity index (χ4n) is 1.62. The van der Waals surface area contributed by atoms with Crippen LogP contribution in [0.4, 0.5) is 4.39 Å². The molecular weight excluding hydrogens is 233 g/mol. The lowest BCUT2D eigenvalue weighted by Gasteiger charge is -2.16. The first-order valence-electron chi connectivity index (χ1n) is 6.26. The standard InChI is InChI=1S/C14H22FNO2/c1-11-6-4-7-13(14(11)15)18-12(2)10-16-8-5-9-17-3/h4,6-7,12,16H,5,8-10H2,1-3H3. The first-order chi connectivity index (χ1) is 8.65. The third kappa shape index (κ3) is 5.02. The summed E-state index contributed by atoms with van der Waals surface area (Å²) in [6.45, 7) is 5.96. The Morgan fingerprint density at radius 3 is 2.89 bits per heavy atom. The fraction of sp³-hybridized carbons (Fsp3) is 0.571. The van der Waals surface area contributed by atoms with Crippen LogP contribution in [0.5, 0.6) is 5.75 Å². The van der Waals surface area contributed by atoms with Crippen LogP contribution in [0, 0.1) is 12.7 Å². The molecule has 4 heteroatoms. The molecule has 0 aromatic heterocycles. The van der Waals surface area contributed by atoms with Gasteiger partial charge in [0, 0.05) is 20.3 Å². The summed E-state index contributed by atoms with van der Waals surface area (Å²) < 4.78 is 24.2. The van der Waals surface area contributed by atoms with Gasteiger partial charge in [0.25, 0.3) is 0 Å². The summed E-state index contributed by atoms with van der Waals surface area (Å²) >= 11 is 0. The normalized spacial score (nSPS) is 12.4. The van der Waals surface area contributed by atoms with Gasteiger partial charge in [-0.2, -0.15) is 0 Å². The summed E-state index contributed by atoms with van der Waals surface area (Å²) in [5.74, 6) is 0.0462. The van der Waals surface area contributed by atoms with Crippen molar-refractivity contribution in [3.63, 3.8) is 0 Å². The van der Waals surface area contributed by atoms with E-state index in [0.29, 0.717) is 17.9 Å². The van der Waals surface area contributed by atoms with Gasteiger partial charge in [0.05, 0.1) is 0 Å². The van der Waals surface area contributed by atoms with E-state index in [1.54, 1.807) is 32.2 Å². The number of hydrogen-bond acceptors (Lipinski definition) is 3. The van der Waals surface area contributed by atoms with Crippen LogP contribution in [0.15, 0.2) is 18.2 Å². The maximum Gasteiger partial charge on any atom is 0.167 e. The highest BCUT2D eigenvalue weighted by Gasteiger charge is 2.09. The molecule has 0 fully saturated rings. The van der Waals surface area contributed by atoms with Crippen LogP contribution in [-0.4, -0.2) is 32.9 Å². The molecule has 102 valence electrons. The van der Waals surface area contributed by atoms with Gasteiger partial charge in [-0.3, -0.25) is 0 Å². The topological polar surface area (TPSA) is 30.5 Å². The number of rotatable bonds is 8. The molecule has 1 unspecified atom stereocenters. The lowest BCUT2D eigenvalue weighted by molar-refractivity contribution is 0.186. The Kier molecular flexibility index (Phi) is 6.68. The highest BCUT2D eigenvalue weighted by atomic mass is 19.1. The predicted octanol–water partition coefficient (Wildman–Crippen LogP) is 2.53. The monoisotopic (exact) mass is 255 g/mol. The van der Waals surface area contributed by atoms with Gasteiger partial charge in [-0.15, -0.1) is 0 Å². The van der Waals surface area contributed by atoms with Crippen LogP contribution in [0.3, 0.4) is 0 Å². The van der Waals surface area contributed by atoms with Crippen molar-refractivity contribution in [3.8, 4) is 5.75 Å². The van der Waals surface area contributed by atoms with Crippen molar-refractivity contribution in [2.24, 2.45) is 0 Å². The molecule has 0 aliphatic carbocycles. The molecule has 0 aliphatic heterocycles. The molecule has 0 aliphatic rings. The van der Waals surface area contributed by atoms with E-state index in [-0.39, 0.29) is 11.9 Å². The number of nitrogens with one attached hydrogen (secondary N) is 1. The van der Waals surface area contributed by atoms with E-state index in [1.165, 1.54) is 0 Å². The SMILES string of the molecule is COCCCNCC(C)Oc1cccc(C)c1F. The summed E-state index contributed by atoms with van der Waals surface area (Å²) in [4.78, 5) is 0. The molecule has 0 saturated heterocycles. The molecule has 0 amide bonds. The molecule has 1 rings (SSSR count). The van der Waals surface area contributed by atoms with Crippen molar-refractivity contribution in [3.05, 3.63) is 29.6 Å². The second kappa shape index (κ2) is 8.06. The van der Waals surface area contributed by atoms with Gasteiger partial charge in [0.1, 0.15) is 6.10 Å². The van der Waals surface area contributed by atoms with Crippen molar-refractivity contribution in [1.29, 1.82) is 0 Å². The number of ether oxygens (including phenoxy) is 2. The molecule has 0 heterocycles. The maximum atomic E-state index is 13.7. The van der Waals surface area contributed by atoms with E-state index in [4.69, 9.17) is 9.47 Å². The van der Waals surface area contributed by atoms with Gasteiger partial charge >= 0.3 is 0 Å². The Morgan fingerprint density at radius 1 is 1.39 bits per heavy atom. The van der Waals surface area contributed by atoms with Gasteiger partial charge in [-0.25, -0.2) is 4.39 Å².